The van der Waals surface area contributed by atoms with Crippen molar-refractivity contribution in [1.29, 1.82) is 0 Å². The summed E-state index contributed by atoms with van der Waals surface area (Å²) in [5.74, 6) is 0. The number of aromatic nitrogens is 3. The lowest BCUT2D eigenvalue weighted by atomic mass is 10.1. The lowest BCUT2D eigenvalue weighted by Crippen LogP contribution is -1.94. The van der Waals surface area contributed by atoms with Crippen LogP contribution in [0.25, 0.3) is 76.8 Å². The molecule has 0 saturated heterocycles. The Morgan fingerprint density at radius 1 is 0.325 bits per heavy atom. The number of hydrogen-bond donors (Lipinski definition) is 0. The minimum atomic E-state index is 1.18. The van der Waals surface area contributed by atoms with Crippen LogP contribution >= 0.6 is 22.9 Å². The van der Waals surface area contributed by atoms with Gasteiger partial charge in [-0.25, -0.2) is 0 Å². The highest BCUT2D eigenvalue weighted by atomic mass is 127. The largest absolute Gasteiger partial charge is 0.309 e. The highest BCUT2D eigenvalue weighted by molar-refractivity contribution is 14.1. The van der Waals surface area contributed by atoms with Gasteiger partial charge in [0.25, 0.3) is 0 Å². The molecule has 188 valence electrons. The standard InChI is InChI=1S/C36H22IN3/c37-40-35-19-17-23(38-31-13-5-1-9-25(31)26-10-2-6-14-32(26)38)21-29(35)30-22-24(18-20-36(30)40)39-33-15-7-3-11-27(33)28-12-4-8-16-34(28)39/h1-22H. The molecule has 0 aliphatic rings. The quantitative estimate of drug-likeness (QED) is 0.170. The highest BCUT2D eigenvalue weighted by Crippen LogP contribution is 2.38. The Balaban J connectivity index is 1.34. The SMILES string of the molecule is In1c2ccc(-n3c4ccccc4c4ccccc43)cc2c2cc(-n3c4ccccc4c4ccccc43)ccc21. The van der Waals surface area contributed by atoms with E-state index in [0.29, 0.717) is 0 Å². The normalized spacial score (nSPS) is 12.1. The summed E-state index contributed by atoms with van der Waals surface area (Å²) >= 11 is 2.44. The van der Waals surface area contributed by atoms with Crippen molar-refractivity contribution in [2.75, 3.05) is 0 Å². The molecule has 3 heterocycles. The second-order valence-electron chi connectivity index (χ2n) is 10.4. The molecule has 3 nitrogen and oxygen atoms in total. The molecule has 0 aliphatic carbocycles. The maximum absolute atomic E-state index is 2.44. The van der Waals surface area contributed by atoms with E-state index in [0.717, 1.165) is 0 Å². The smallest absolute Gasteiger partial charge is 0.0646 e. The molecule has 40 heavy (non-hydrogen) atoms. The summed E-state index contributed by atoms with van der Waals surface area (Å²) in [6, 6.07) is 48.6. The second-order valence-corrected chi connectivity index (χ2v) is 11.4. The summed E-state index contributed by atoms with van der Waals surface area (Å²) in [4.78, 5) is 0. The van der Waals surface area contributed by atoms with Gasteiger partial charge in [0.1, 0.15) is 0 Å². The third-order valence-electron chi connectivity index (χ3n) is 8.35. The molecule has 0 spiro atoms. The number of benzene rings is 6. The fourth-order valence-electron chi connectivity index (χ4n) is 6.63. The predicted molar refractivity (Wildman–Crippen MR) is 178 cm³/mol. The van der Waals surface area contributed by atoms with Gasteiger partial charge in [-0.1, -0.05) is 72.8 Å². The van der Waals surface area contributed by atoms with E-state index in [-0.39, 0.29) is 0 Å². The van der Waals surface area contributed by atoms with Crippen LogP contribution in [0.3, 0.4) is 0 Å². The van der Waals surface area contributed by atoms with Crippen LogP contribution in [0.5, 0.6) is 0 Å². The van der Waals surface area contributed by atoms with Crippen LogP contribution in [-0.4, -0.2) is 11.9 Å². The van der Waals surface area contributed by atoms with Crippen molar-refractivity contribution in [2.45, 2.75) is 0 Å². The number of halogens is 1. The number of fused-ring (bicyclic) bond motifs is 9. The van der Waals surface area contributed by atoms with Gasteiger partial charge >= 0.3 is 0 Å². The molecule has 4 heteroatoms. The van der Waals surface area contributed by atoms with Gasteiger partial charge < -0.3 is 9.13 Å². The van der Waals surface area contributed by atoms with Gasteiger partial charge in [-0.2, -0.15) is 0 Å². The van der Waals surface area contributed by atoms with Crippen molar-refractivity contribution in [3.05, 3.63) is 133 Å². The molecule has 6 aromatic carbocycles. The van der Waals surface area contributed by atoms with Crippen molar-refractivity contribution in [3.63, 3.8) is 0 Å². The molecule has 0 bridgehead atoms. The van der Waals surface area contributed by atoms with E-state index in [2.05, 4.69) is 168 Å². The minimum Gasteiger partial charge on any atom is -0.309 e. The van der Waals surface area contributed by atoms with Crippen molar-refractivity contribution >= 4 is 88.3 Å². The Morgan fingerprint density at radius 2 is 0.650 bits per heavy atom. The van der Waals surface area contributed by atoms with E-state index in [4.69, 9.17) is 0 Å². The van der Waals surface area contributed by atoms with E-state index < -0.39 is 0 Å². The Hall–Kier alpha value is -4.55. The number of nitrogens with zero attached hydrogens (tertiary/aromatic N) is 3. The molecule has 0 N–H and O–H groups in total. The van der Waals surface area contributed by atoms with Crippen LogP contribution in [0.4, 0.5) is 0 Å². The average Bonchev–Trinajstić information content (AvgIpc) is 3.63. The molecule has 3 aromatic heterocycles. The lowest BCUT2D eigenvalue weighted by molar-refractivity contribution is 1.18. The highest BCUT2D eigenvalue weighted by Gasteiger charge is 2.17. The fraction of sp³-hybridized carbons (Fsp3) is 0. The molecule has 0 saturated carbocycles. The minimum absolute atomic E-state index is 1.18. The number of para-hydroxylation sites is 4. The molecule has 0 atom stereocenters. The zero-order valence-corrected chi connectivity index (χ0v) is 23.6. The third kappa shape index (κ3) is 2.94. The fourth-order valence-corrected chi connectivity index (χ4v) is 7.47. The first-order valence-corrected chi connectivity index (χ1v) is 14.5. The number of rotatable bonds is 2. The van der Waals surface area contributed by atoms with Crippen molar-refractivity contribution in [1.82, 2.24) is 11.9 Å². The van der Waals surface area contributed by atoms with Gasteiger partial charge in [-0.3, -0.25) is 2.78 Å². The second kappa shape index (κ2) is 8.23. The van der Waals surface area contributed by atoms with E-state index in [9.17, 15) is 0 Å². The Morgan fingerprint density at radius 3 is 1.00 bits per heavy atom. The van der Waals surface area contributed by atoms with Crippen molar-refractivity contribution in [2.24, 2.45) is 0 Å². The van der Waals surface area contributed by atoms with Crippen molar-refractivity contribution in [3.8, 4) is 11.4 Å². The zero-order valence-electron chi connectivity index (χ0n) is 21.4. The summed E-state index contributed by atoms with van der Waals surface area (Å²) in [5.41, 5.74) is 9.71. The average molecular weight is 623 g/mol. The van der Waals surface area contributed by atoms with E-state index in [1.165, 1.54) is 76.8 Å². The Kier molecular flexibility index (Phi) is 4.58. The lowest BCUT2D eigenvalue weighted by Gasteiger charge is -2.09. The van der Waals surface area contributed by atoms with Gasteiger partial charge in [-0.15, -0.1) is 0 Å². The Labute approximate surface area is 244 Å². The van der Waals surface area contributed by atoms with Crippen molar-refractivity contribution < 1.29 is 0 Å². The van der Waals surface area contributed by atoms with Crippen LogP contribution < -0.4 is 0 Å². The van der Waals surface area contributed by atoms with E-state index >= 15 is 0 Å². The van der Waals surface area contributed by atoms with E-state index in [1.807, 2.05) is 0 Å². The van der Waals surface area contributed by atoms with Crippen LogP contribution in [0, 0.1) is 0 Å². The first-order chi connectivity index (χ1) is 19.8. The molecular formula is C36H22IN3. The zero-order chi connectivity index (χ0) is 26.4. The first kappa shape index (κ1) is 22.3. The molecule has 9 aromatic rings. The summed E-state index contributed by atoms with van der Waals surface area (Å²) in [6.45, 7) is 0. The van der Waals surface area contributed by atoms with Gasteiger partial charge in [0.15, 0.2) is 0 Å². The van der Waals surface area contributed by atoms with Crippen LogP contribution in [0.1, 0.15) is 0 Å². The molecule has 0 radical (unpaired) electrons. The van der Waals surface area contributed by atoms with Gasteiger partial charge in [0, 0.05) is 43.7 Å². The van der Waals surface area contributed by atoms with Gasteiger partial charge in [0.2, 0.25) is 0 Å². The first-order valence-electron chi connectivity index (χ1n) is 13.5. The summed E-state index contributed by atoms with van der Waals surface area (Å²) in [7, 11) is 0. The molecular weight excluding hydrogens is 601 g/mol. The molecule has 0 amide bonds. The number of hydrogen-bond acceptors (Lipinski definition) is 0. The van der Waals surface area contributed by atoms with Gasteiger partial charge in [0.05, 0.1) is 56.0 Å². The van der Waals surface area contributed by atoms with Gasteiger partial charge in [-0.05, 0) is 60.7 Å². The topological polar surface area (TPSA) is 14.8 Å². The summed E-state index contributed by atoms with van der Waals surface area (Å²) in [5, 5.41) is 7.63. The monoisotopic (exact) mass is 623 g/mol. The molecule has 9 rings (SSSR count). The summed E-state index contributed by atoms with van der Waals surface area (Å²) < 4.78 is 7.09. The maximum Gasteiger partial charge on any atom is 0.0646 e. The molecule has 0 fully saturated rings. The maximum atomic E-state index is 2.44. The molecule has 0 unspecified atom stereocenters. The van der Waals surface area contributed by atoms with Crippen LogP contribution in [0.2, 0.25) is 0 Å². The van der Waals surface area contributed by atoms with Crippen LogP contribution in [-0.2, 0) is 0 Å². The summed E-state index contributed by atoms with van der Waals surface area (Å²) in [6.07, 6.45) is 0. The third-order valence-corrected chi connectivity index (χ3v) is 9.39. The van der Waals surface area contributed by atoms with Crippen LogP contribution in [0.15, 0.2) is 133 Å². The predicted octanol–water partition coefficient (Wildman–Crippen LogP) is 10.2. The Bertz CT molecular complexity index is 2180. The molecule has 0 aliphatic heterocycles. The van der Waals surface area contributed by atoms with E-state index in [1.54, 1.807) is 0 Å².